The van der Waals surface area contributed by atoms with Crippen molar-refractivity contribution in [1.29, 1.82) is 0 Å². The van der Waals surface area contributed by atoms with E-state index in [0.29, 0.717) is 18.4 Å². The number of rotatable bonds is 2. The fourth-order valence-electron chi connectivity index (χ4n) is 0.735. The van der Waals surface area contributed by atoms with Gasteiger partial charge in [-0.2, -0.15) is 4.98 Å². The molecule has 0 radical (unpaired) electrons. The Morgan fingerprint density at radius 2 is 2.50 bits per heavy atom. The first kappa shape index (κ1) is 6.92. The van der Waals surface area contributed by atoms with Gasteiger partial charge in [0.05, 0.1) is 12.8 Å². The van der Waals surface area contributed by atoms with Gasteiger partial charge in [0, 0.05) is 7.05 Å². The zero-order valence-corrected chi connectivity index (χ0v) is 6.16. The molecule has 1 aromatic rings. The molecule has 0 amide bonds. The van der Waals surface area contributed by atoms with E-state index in [1.165, 1.54) is 0 Å². The Morgan fingerprint density at radius 3 is 2.90 bits per heavy atom. The highest BCUT2D eigenvalue weighted by Gasteiger charge is 2.00. The highest BCUT2D eigenvalue weighted by atomic mass is 16.5. The third-order valence-electron chi connectivity index (χ3n) is 1.13. The van der Waals surface area contributed by atoms with Gasteiger partial charge in [0.2, 0.25) is 0 Å². The summed E-state index contributed by atoms with van der Waals surface area (Å²) < 4.78 is 6.88. The molecule has 0 aliphatic rings. The molecule has 4 nitrogen and oxygen atoms in total. The minimum atomic E-state index is 0.492. The van der Waals surface area contributed by atoms with Crippen LogP contribution in [0.5, 0.6) is 6.01 Å². The summed E-state index contributed by atoms with van der Waals surface area (Å²) in [6, 6.07) is 0.569. The molecule has 10 heavy (non-hydrogen) atoms. The summed E-state index contributed by atoms with van der Waals surface area (Å²) >= 11 is 0. The fraction of sp³-hybridized carbons (Fsp3) is 0.500. The third kappa shape index (κ3) is 1.21. The quantitative estimate of drug-likeness (QED) is 0.648. The van der Waals surface area contributed by atoms with Crippen molar-refractivity contribution in [2.45, 2.75) is 6.92 Å². The van der Waals surface area contributed by atoms with Gasteiger partial charge >= 0.3 is 0 Å². The lowest BCUT2D eigenvalue weighted by atomic mass is 10.8. The Kier molecular flexibility index (Phi) is 1.80. The summed E-state index contributed by atoms with van der Waals surface area (Å²) in [5.41, 5.74) is 5.40. The lowest BCUT2D eigenvalue weighted by Crippen LogP contribution is -1.98. The normalized spacial score (nSPS) is 9.80. The number of nitrogen functional groups attached to an aromatic ring is 1. The molecule has 0 unspecified atom stereocenters. The van der Waals surface area contributed by atoms with E-state index in [0.717, 1.165) is 0 Å². The van der Waals surface area contributed by atoms with Crippen LogP contribution >= 0.6 is 0 Å². The van der Waals surface area contributed by atoms with Gasteiger partial charge in [0.15, 0.2) is 0 Å². The van der Waals surface area contributed by atoms with Gasteiger partial charge in [0.25, 0.3) is 6.01 Å². The predicted molar refractivity (Wildman–Crippen MR) is 38.8 cm³/mol. The molecule has 0 saturated heterocycles. The lowest BCUT2D eigenvalue weighted by molar-refractivity contribution is 0.302. The Balaban J connectivity index is 2.81. The topological polar surface area (TPSA) is 53.1 Å². The Hall–Kier alpha value is -1.19. The average molecular weight is 141 g/mol. The second-order valence-electron chi connectivity index (χ2n) is 1.99. The first-order valence-electron chi connectivity index (χ1n) is 3.15. The smallest absolute Gasteiger partial charge is 0.298 e. The molecule has 4 heteroatoms. The molecule has 2 N–H and O–H groups in total. The number of hydrogen-bond acceptors (Lipinski definition) is 3. The molecule has 0 saturated carbocycles. The number of nitrogens with zero attached hydrogens (tertiary/aromatic N) is 2. The predicted octanol–water partition coefficient (Wildman–Crippen LogP) is 0.401. The molecular formula is C6H11N3O. The maximum absolute atomic E-state index is 5.40. The van der Waals surface area contributed by atoms with Crippen LogP contribution in [0.25, 0.3) is 0 Å². The van der Waals surface area contributed by atoms with Crippen molar-refractivity contribution in [1.82, 2.24) is 9.55 Å². The van der Waals surface area contributed by atoms with Crippen molar-refractivity contribution in [2.24, 2.45) is 7.05 Å². The Morgan fingerprint density at radius 1 is 1.80 bits per heavy atom. The SMILES string of the molecule is CCOc1nc(N)cn1C. The molecule has 0 aliphatic carbocycles. The molecule has 0 aliphatic heterocycles. The van der Waals surface area contributed by atoms with Crippen LogP contribution in [0.3, 0.4) is 0 Å². The number of hydrogen-bond donors (Lipinski definition) is 1. The molecule has 1 aromatic heterocycles. The van der Waals surface area contributed by atoms with Crippen LogP contribution in [0, 0.1) is 0 Å². The van der Waals surface area contributed by atoms with Gasteiger partial charge in [-0.15, -0.1) is 0 Å². The zero-order chi connectivity index (χ0) is 7.56. The van der Waals surface area contributed by atoms with Crippen LogP contribution < -0.4 is 10.5 Å². The van der Waals surface area contributed by atoms with Crippen molar-refractivity contribution in [3.8, 4) is 6.01 Å². The van der Waals surface area contributed by atoms with E-state index >= 15 is 0 Å². The number of aryl methyl sites for hydroxylation is 1. The van der Waals surface area contributed by atoms with Crippen molar-refractivity contribution in [3.63, 3.8) is 0 Å². The number of nitrogens with two attached hydrogens (primary N) is 1. The van der Waals surface area contributed by atoms with E-state index in [-0.39, 0.29) is 0 Å². The minimum Gasteiger partial charge on any atom is -0.465 e. The van der Waals surface area contributed by atoms with Crippen molar-refractivity contribution < 1.29 is 4.74 Å². The number of imidazole rings is 1. The summed E-state index contributed by atoms with van der Waals surface area (Å²) in [4.78, 5) is 3.92. The van der Waals surface area contributed by atoms with Gasteiger partial charge < -0.3 is 15.0 Å². The van der Waals surface area contributed by atoms with Gasteiger partial charge in [-0.1, -0.05) is 0 Å². The highest BCUT2D eigenvalue weighted by molar-refractivity contribution is 5.27. The summed E-state index contributed by atoms with van der Waals surface area (Å²) in [5.74, 6) is 0.492. The molecule has 1 heterocycles. The minimum absolute atomic E-state index is 0.492. The molecule has 0 spiro atoms. The average Bonchev–Trinajstić information content (AvgIpc) is 2.13. The van der Waals surface area contributed by atoms with Gasteiger partial charge in [-0.05, 0) is 6.92 Å². The standard InChI is InChI=1S/C6H11N3O/c1-3-10-6-8-5(7)4-9(6)2/h4H,3,7H2,1-2H3. The monoisotopic (exact) mass is 141 g/mol. The van der Waals surface area contributed by atoms with Crippen LogP contribution in [0.2, 0.25) is 0 Å². The van der Waals surface area contributed by atoms with Crippen LogP contribution in [0.1, 0.15) is 6.92 Å². The zero-order valence-electron chi connectivity index (χ0n) is 6.16. The van der Waals surface area contributed by atoms with Gasteiger partial charge in [0.1, 0.15) is 5.82 Å². The first-order valence-corrected chi connectivity index (χ1v) is 3.15. The Labute approximate surface area is 59.6 Å². The molecule has 0 bridgehead atoms. The second-order valence-corrected chi connectivity index (χ2v) is 1.99. The van der Waals surface area contributed by atoms with E-state index in [2.05, 4.69) is 4.98 Å². The highest BCUT2D eigenvalue weighted by Crippen LogP contribution is 2.09. The largest absolute Gasteiger partial charge is 0.465 e. The molecule has 1 rings (SSSR count). The summed E-state index contributed by atoms with van der Waals surface area (Å²) in [7, 11) is 1.84. The van der Waals surface area contributed by atoms with Crippen LogP contribution in [0.15, 0.2) is 6.20 Å². The molecule has 56 valence electrons. The van der Waals surface area contributed by atoms with Gasteiger partial charge in [-0.25, -0.2) is 0 Å². The third-order valence-corrected chi connectivity index (χ3v) is 1.13. The van der Waals surface area contributed by atoms with E-state index in [1.54, 1.807) is 10.8 Å². The van der Waals surface area contributed by atoms with Crippen LogP contribution in [-0.2, 0) is 7.05 Å². The van der Waals surface area contributed by atoms with Crippen molar-refractivity contribution >= 4 is 5.82 Å². The molecule has 0 fully saturated rings. The van der Waals surface area contributed by atoms with E-state index in [1.807, 2.05) is 14.0 Å². The fourth-order valence-corrected chi connectivity index (χ4v) is 0.735. The maximum atomic E-state index is 5.40. The summed E-state index contributed by atoms with van der Waals surface area (Å²) in [6.07, 6.45) is 1.71. The number of ether oxygens (including phenoxy) is 1. The summed E-state index contributed by atoms with van der Waals surface area (Å²) in [6.45, 7) is 2.52. The molecule has 0 aromatic carbocycles. The Bertz CT molecular complexity index is 219. The first-order chi connectivity index (χ1) is 4.74. The number of anilines is 1. The van der Waals surface area contributed by atoms with Gasteiger partial charge in [-0.3, -0.25) is 0 Å². The lowest BCUT2D eigenvalue weighted by Gasteiger charge is -1.99. The van der Waals surface area contributed by atoms with Crippen LogP contribution in [0.4, 0.5) is 5.82 Å². The molecular weight excluding hydrogens is 130 g/mol. The maximum Gasteiger partial charge on any atom is 0.298 e. The second kappa shape index (κ2) is 2.60. The van der Waals surface area contributed by atoms with E-state index in [9.17, 15) is 0 Å². The van der Waals surface area contributed by atoms with E-state index in [4.69, 9.17) is 10.5 Å². The van der Waals surface area contributed by atoms with Crippen molar-refractivity contribution in [3.05, 3.63) is 6.20 Å². The van der Waals surface area contributed by atoms with Crippen LogP contribution in [-0.4, -0.2) is 16.2 Å². The van der Waals surface area contributed by atoms with E-state index < -0.39 is 0 Å². The van der Waals surface area contributed by atoms with Crippen molar-refractivity contribution in [2.75, 3.05) is 12.3 Å². The summed E-state index contributed by atoms with van der Waals surface area (Å²) in [5, 5.41) is 0. The molecule has 0 atom stereocenters. The number of aromatic nitrogens is 2.